The van der Waals surface area contributed by atoms with Crippen molar-refractivity contribution >= 4 is 5.91 Å². The summed E-state index contributed by atoms with van der Waals surface area (Å²) in [5.74, 6) is -0.156. The van der Waals surface area contributed by atoms with Gasteiger partial charge in [-0.1, -0.05) is 27.4 Å². The summed E-state index contributed by atoms with van der Waals surface area (Å²) in [6.07, 6.45) is 3.78. The fourth-order valence-corrected chi connectivity index (χ4v) is 1.92. The summed E-state index contributed by atoms with van der Waals surface area (Å²) in [6.45, 7) is 11.6. The molecular weight excluding hydrogens is 188 g/mol. The lowest BCUT2D eigenvalue weighted by Gasteiger charge is -2.45. The second-order valence-electron chi connectivity index (χ2n) is 4.24. The van der Waals surface area contributed by atoms with Gasteiger partial charge in [0.15, 0.2) is 0 Å². The Morgan fingerprint density at radius 3 is 2.07 bits per heavy atom. The van der Waals surface area contributed by atoms with Gasteiger partial charge in [0.2, 0.25) is 5.91 Å². The van der Waals surface area contributed by atoms with Crippen LogP contribution in [0.1, 0.15) is 47.0 Å². The Balaban J connectivity index is 4.97. The maximum Gasteiger partial charge on any atom is 0.243 e. The van der Waals surface area contributed by atoms with Gasteiger partial charge in [0.05, 0.1) is 5.54 Å². The summed E-state index contributed by atoms with van der Waals surface area (Å²) in [5.41, 5.74) is 5.61. The van der Waals surface area contributed by atoms with E-state index in [1.807, 2.05) is 13.8 Å². The molecule has 0 aromatic heterocycles. The van der Waals surface area contributed by atoms with Crippen molar-refractivity contribution in [2.45, 2.75) is 58.0 Å². The maximum absolute atomic E-state index is 11.4. The Kier molecular flexibility index (Phi) is 5.01. The quantitative estimate of drug-likeness (QED) is 0.661. The van der Waals surface area contributed by atoms with Crippen LogP contribution in [0.2, 0.25) is 0 Å². The number of carbonyl (C=O) groups excluding carboxylic acids is 1. The Hall–Kier alpha value is -0.830. The van der Waals surface area contributed by atoms with E-state index in [0.29, 0.717) is 0 Å². The highest BCUT2D eigenvalue weighted by molar-refractivity contribution is 5.87. The first-order chi connectivity index (χ1) is 6.89. The number of amides is 1. The van der Waals surface area contributed by atoms with Crippen molar-refractivity contribution in [2.24, 2.45) is 5.73 Å². The highest BCUT2D eigenvalue weighted by atomic mass is 16.1. The molecule has 1 atom stereocenters. The third-order valence-electron chi connectivity index (χ3n) is 3.65. The van der Waals surface area contributed by atoms with E-state index < -0.39 is 0 Å². The molecule has 15 heavy (non-hydrogen) atoms. The number of nitrogens with two attached hydrogens (primary N) is 1. The van der Waals surface area contributed by atoms with E-state index in [-0.39, 0.29) is 17.0 Å². The average molecular weight is 212 g/mol. The van der Waals surface area contributed by atoms with Gasteiger partial charge >= 0.3 is 0 Å². The number of hydrogen-bond acceptors (Lipinski definition) is 2. The number of hydrogen-bond donors (Lipinski definition) is 2. The van der Waals surface area contributed by atoms with Crippen molar-refractivity contribution in [2.75, 3.05) is 0 Å². The first kappa shape index (κ1) is 14.2. The van der Waals surface area contributed by atoms with Crippen LogP contribution in [-0.2, 0) is 4.79 Å². The molecule has 0 rings (SSSR count). The third-order valence-corrected chi connectivity index (χ3v) is 3.65. The van der Waals surface area contributed by atoms with Gasteiger partial charge in [-0.05, 0) is 32.3 Å². The molecule has 0 heterocycles. The second kappa shape index (κ2) is 5.31. The van der Waals surface area contributed by atoms with Crippen LogP contribution in [-0.4, -0.2) is 17.0 Å². The van der Waals surface area contributed by atoms with E-state index in [1.54, 1.807) is 0 Å². The van der Waals surface area contributed by atoms with Crippen molar-refractivity contribution in [3.63, 3.8) is 0 Å². The van der Waals surface area contributed by atoms with E-state index >= 15 is 0 Å². The van der Waals surface area contributed by atoms with Gasteiger partial charge in [0.25, 0.3) is 0 Å². The van der Waals surface area contributed by atoms with Crippen LogP contribution in [0, 0.1) is 0 Å². The summed E-state index contributed by atoms with van der Waals surface area (Å²) in [5, 5.41) is 2.95. The SMILES string of the molecule is C=CC(=O)NC(C)(CC)C(N)(CC)CC. The van der Waals surface area contributed by atoms with E-state index in [9.17, 15) is 4.79 Å². The second-order valence-corrected chi connectivity index (χ2v) is 4.24. The highest BCUT2D eigenvalue weighted by Gasteiger charge is 2.41. The lowest BCUT2D eigenvalue weighted by molar-refractivity contribution is -0.119. The zero-order chi connectivity index (χ0) is 12.1. The van der Waals surface area contributed by atoms with Crippen LogP contribution in [0.25, 0.3) is 0 Å². The van der Waals surface area contributed by atoms with Gasteiger partial charge in [-0.15, -0.1) is 0 Å². The van der Waals surface area contributed by atoms with Crippen molar-refractivity contribution in [1.29, 1.82) is 0 Å². The lowest BCUT2D eigenvalue weighted by atomic mass is 9.73. The predicted octanol–water partition coefficient (Wildman–Crippen LogP) is 1.97. The molecule has 3 N–H and O–H groups in total. The largest absolute Gasteiger partial charge is 0.346 e. The lowest BCUT2D eigenvalue weighted by Crippen LogP contribution is -2.66. The van der Waals surface area contributed by atoms with Gasteiger partial charge in [-0.3, -0.25) is 4.79 Å². The molecular formula is C12H24N2O. The molecule has 1 unspecified atom stereocenters. The smallest absolute Gasteiger partial charge is 0.243 e. The molecule has 0 aromatic carbocycles. The van der Waals surface area contributed by atoms with Gasteiger partial charge in [-0.25, -0.2) is 0 Å². The highest BCUT2D eigenvalue weighted by Crippen LogP contribution is 2.29. The van der Waals surface area contributed by atoms with Crippen molar-refractivity contribution in [3.8, 4) is 0 Å². The van der Waals surface area contributed by atoms with E-state index in [1.165, 1.54) is 6.08 Å². The fraction of sp³-hybridized carbons (Fsp3) is 0.750. The topological polar surface area (TPSA) is 55.1 Å². The molecule has 0 aliphatic heterocycles. The molecule has 3 heteroatoms. The molecule has 0 aliphatic carbocycles. The van der Waals surface area contributed by atoms with Crippen LogP contribution in [0.4, 0.5) is 0 Å². The van der Waals surface area contributed by atoms with Gasteiger partial charge in [-0.2, -0.15) is 0 Å². The molecule has 0 saturated heterocycles. The first-order valence-corrected chi connectivity index (χ1v) is 5.62. The molecule has 88 valence electrons. The van der Waals surface area contributed by atoms with Crippen molar-refractivity contribution < 1.29 is 4.79 Å². The molecule has 0 radical (unpaired) electrons. The summed E-state index contributed by atoms with van der Waals surface area (Å²) >= 11 is 0. The van der Waals surface area contributed by atoms with Crippen LogP contribution in [0.15, 0.2) is 12.7 Å². The van der Waals surface area contributed by atoms with Gasteiger partial charge < -0.3 is 11.1 Å². The first-order valence-electron chi connectivity index (χ1n) is 5.62. The molecule has 0 saturated carbocycles. The number of carbonyl (C=O) groups is 1. The van der Waals surface area contributed by atoms with E-state index in [4.69, 9.17) is 5.73 Å². The summed E-state index contributed by atoms with van der Waals surface area (Å²) in [7, 11) is 0. The molecule has 3 nitrogen and oxygen atoms in total. The molecule has 0 fully saturated rings. The van der Waals surface area contributed by atoms with E-state index in [2.05, 4.69) is 25.7 Å². The minimum absolute atomic E-state index is 0.156. The summed E-state index contributed by atoms with van der Waals surface area (Å²) < 4.78 is 0. The van der Waals surface area contributed by atoms with Crippen LogP contribution >= 0.6 is 0 Å². The molecule has 0 bridgehead atoms. The average Bonchev–Trinajstić information content (AvgIpc) is 2.27. The third kappa shape index (κ3) is 2.81. The summed E-state index contributed by atoms with van der Waals surface area (Å²) in [6, 6.07) is 0. The molecule has 1 amide bonds. The van der Waals surface area contributed by atoms with Gasteiger partial charge in [0, 0.05) is 5.54 Å². The van der Waals surface area contributed by atoms with Crippen LogP contribution in [0.5, 0.6) is 0 Å². The van der Waals surface area contributed by atoms with Crippen molar-refractivity contribution in [3.05, 3.63) is 12.7 Å². The monoisotopic (exact) mass is 212 g/mol. The molecule has 0 aromatic rings. The number of rotatable bonds is 6. The minimum Gasteiger partial charge on any atom is -0.346 e. The summed E-state index contributed by atoms with van der Waals surface area (Å²) in [4.78, 5) is 11.4. The van der Waals surface area contributed by atoms with Gasteiger partial charge in [0.1, 0.15) is 0 Å². The normalized spacial score (nSPS) is 15.5. The van der Waals surface area contributed by atoms with Crippen LogP contribution in [0.3, 0.4) is 0 Å². The Morgan fingerprint density at radius 2 is 1.80 bits per heavy atom. The zero-order valence-corrected chi connectivity index (χ0v) is 10.4. The van der Waals surface area contributed by atoms with Crippen molar-refractivity contribution in [1.82, 2.24) is 5.32 Å². The Morgan fingerprint density at radius 1 is 1.33 bits per heavy atom. The van der Waals surface area contributed by atoms with E-state index in [0.717, 1.165) is 19.3 Å². The molecule has 0 spiro atoms. The predicted molar refractivity (Wildman–Crippen MR) is 64.5 cm³/mol. The Bertz CT molecular complexity index is 234. The fourth-order valence-electron chi connectivity index (χ4n) is 1.92. The number of nitrogens with one attached hydrogen (secondary N) is 1. The Labute approximate surface area is 93.1 Å². The minimum atomic E-state index is -0.373. The maximum atomic E-state index is 11.4. The standard InChI is InChI=1S/C12H24N2O/c1-6-10(15)14-11(5,7-2)12(13,8-3)9-4/h6H,1,7-9,13H2,2-5H3,(H,14,15). The molecule has 0 aliphatic rings. The zero-order valence-electron chi connectivity index (χ0n) is 10.4. The van der Waals surface area contributed by atoms with Crippen LogP contribution < -0.4 is 11.1 Å².